The number of likely N-dealkylation sites (tertiary alicyclic amines) is 1. The predicted octanol–water partition coefficient (Wildman–Crippen LogP) is -0.529. The lowest BCUT2D eigenvalue weighted by atomic mass is 10.1. The van der Waals surface area contributed by atoms with E-state index in [0.717, 1.165) is 12.8 Å². The summed E-state index contributed by atoms with van der Waals surface area (Å²) in [5, 5.41) is 21.1. The van der Waals surface area contributed by atoms with Gasteiger partial charge in [-0.3, -0.25) is 4.79 Å². The summed E-state index contributed by atoms with van der Waals surface area (Å²) in [5.74, 6) is 0.206. The standard InChI is InChI=1S/C11H17N3O2/c12-5-9-2-1-3-14(9)11(16)10-4-8(7-15)6-13-10/h8-10,13,15H,1-4,6-7H2/t8-,9-,10-/m0/s1. The first-order valence-corrected chi connectivity index (χ1v) is 5.80. The van der Waals surface area contributed by atoms with Crippen LogP contribution >= 0.6 is 0 Å². The Balaban J connectivity index is 1.95. The van der Waals surface area contributed by atoms with Crippen LogP contribution in [0.15, 0.2) is 0 Å². The first-order valence-electron chi connectivity index (χ1n) is 5.80. The van der Waals surface area contributed by atoms with Crippen LogP contribution in [0.25, 0.3) is 0 Å². The van der Waals surface area contributed by atoms with E-state index in [1.807, 2.05) is 0 Å². The van der Waals surface area contributed by atoms with Crippen LogP contribution in [-0.2, 0) is 4.79 Å². The van der Waals surface area contributed by atoms with Crippen molar-refractivity contribution in [1.82, 2.24) is 10.2 Å². The second kappa shape index (κ2) is 4.81. The Kier molecular flexibility index (Phi) is 3.42. The molecule has 88 valence electrons. The minimum atomic E-state index is -0.248. The summed E-state index contributed by atoms with van der Waals surface area (Å²) in [7, 11) is 0. The van der Waals surface area contributed by atoms with Gasteiger partial charge in [0.1, 0.15) is 6.04 Å². The molecule has 2 rings (SSSR count). The van der Waals surface area contributed by atoms with E-state index in [0.29, 0.717) is 19.5 Å². The van der Waals surface area contributed by atoms with Gasteiger partial charge < -0.3 is 15.3 Å². The first kappa shape index (κ1) is 11.4. The topological polar surface area (TPSA) is 76.4 Å². The number of amides is 1. The molecule has 2 fully saturated rings. The molecule has 0 bridgehead atoms. The fourth-order valence-corrected chi connectivity index (χ4v) is 2.50. The zero-order valence-corrected chi connectivity index (χ0v) is 9.22. The van der Waals surface area contributed by atoms with Crippen LogP contribution in [-0.4, -0.2) is 47.7 Å². The second-order valence-electron chi connectivity index (χ2n) is 4.56. The smallest absolute Gasteiger partial charge is 0.240 e. The largest absolute Gasteiger partial charge is 0.396 e. The lowest BCUT2D eigenvalue weighted by Gasteiger charge is -2.23. The van der Waals surface area contributed by atoms with Crippen LogP contribution in [0.4, 0.5) is 0 Å². The third kappa shape index (κ3) is 2.04. The lowest BCUT2D eigenvalue weighted by molar-refractivity contribution is -0.133. The number of aliphatic hydroxyl groups is 1. The van der Waals surface area contributed by atoms with E-state index in [1.54, 1.807) is 4.90 Å². The Labute approximate surface area is 95.0 Å². The van der Waals surface area contributed by atoms with E-state index in [9.17, 15) is 4.79 Å². The van der Waals surface area contributed by atoms with Crippen LogP contribution in [0.3, 0.4) is 0 Å². The molecule has 0 saturated carbocycles. The van der Waals surface area contributed by atoms with E-state index >= 15 is 0 Å². The SMILES string of the molecule is N#C[C@@H]1CCCN1C(=O)[C@@H]1C[C@H](CO)CN1. The van der Waals surface area contributed by atoms with Crippen molar-refractivity contribution in [1.29, 1.82) is 5.26 Å². The molecule has 0 aromatic carbocycles. The minimum Gasteiger partial charge on any atom is -0.396 e. The highest BCUT2D eigenvalue weighted by atomic mass is 16.3. The molecule has 2 aliphatic rings. The summed E-state index contributed by atoms with van der Waals surface area (Å²) in [5.41, 5.74) is 0. The van der Waals surface area contributed by atoms with Gasteiger partial charge in [-0.1, -0.05) is 0 Å². The molecule has 0 unspecified atom stereocenters. The van der Waals surface area contributed by atoms with E-state index in [1.165, 1.54) is 0 Å². The fraction of sp³-hybridized carbons (Fsp3) is 0.818. The van der Waals surface area contributed by atoms with Crippen molar-refractivity contribution in [3.63, 3.8) is 0 Å². The van der Waals surface area contributed by atoms with Crippen LogP contribution in [0.1, 0.15) is 19.3 Å². The number of hydrogen-bond donors (Lipinski definition) is 2. The number of nitrogens with one attached hydrogen (secondary N) is 1. The van der Waals surface area contributed by atoms with E-state index < -0.39 is 0 Å². The van der Waals surface area contributed by atoms with Crippen molar-refractivity contribution < 1.29 is 9.90 Å². The second-order valence-corrected chi connectivity index (χ2v) is 4.56. The maximum atomic E-state index is 12.1. The quantitative estimate of drug-likeness (QED) is 0.660. The number of nitriles is 1. The van der Waals surface area contributed by atoms with Crippen LogP contribution in [0.2, 0.25) is 0 Å². The number of carbonyl (C=O) groups excluding carboxylic acids is 1. The average Bonchev–Trinajstić information content (AvgIpc) is 2.96. The summed E-state index contributed by atoms with van der Waals surface area (Å²) in [4.78, 5) is 13.8. The molecule has 5 nitrogen and oxygen atoms in total. The van der Waals surface area contributed by atoms with Gasteiger partial charge in [-0.25, -0.2) is 0 Å². The van der Waals surface area contributed by atoms with Crippen molar-refractivity contribution in [2.24, 2.45) is 5.92 Å². The number of hydrogen-bond acceptors (Lipinski definition) is 4. The molecular weight excluding hydrogens is 206 g/mol. The fourth-order valence-electron chi connectivity index (χ4n) is 2.50. The highest BCUT2D eigenvalue weighted by Crippen LogP contribution is 2.21. The highest BCUT2D eigenvalue weighted by Gasteiger charge is 2.36. The van der Waals surface area contributed by atoms with Gasteiger partial charge in [-0.2, -0.15) is 5.26 Å². The van der Waals surface area contributed by atoms with E-state index in [2.05, 4.69) is 11.4 Å². The maximum Gasteiger partial charge on any atom is 0.240 e. The Morgan fingerprint density at radius 2 is 2.44 bits per heavy atom. The minimum absolute atomic E-state index is 0.0278. The van der Waals surface area contributed by atoms with Gasteiger partial charge >= 0.3 is 0 Å². The van der Waals surface area contributed by atoms with Gasteiger partial charge in [0.25, 0.3) is 0 Å². The van der Waals surface area contributed by atoms with Gasteiger partial charge in [-0.05, 0) is 25.2 Å². The third-order valence-electron chi connectivity index (χ3n) is 3.46. The van der Waals surface area contributed by atoms with Crippen molar-refractivity contribution in [3.8, 4) is 6.07 Å². The van der Waals surface area contributed by atoms with Crippen molar-refractivity contribution in [2.45, 2.75) is 31.3 Å². The molecule has 3 atom stereocenters. The van der Waals surface area contributed by atoms with Crippen molar-refractivity contribution in [2.75, 3.05) is 19.7 Å². The predicted molar refractivity (Wildman–Crippen MR) is 57.3 cm³/mol. The molecule has 5 heteroatoms. The van der Waals surface area contributed by atoms with Gasteiger partial charge in [0.15, 0.2) is 0 Å². The lowest BCUT2D eigenvalue weighted by Crippen LogP contribution is -2.45. The van der Waals surface area contributed by atoms with E-state index in [4.69, 9.17) is 10.4 Å². The zero-order valence-electron chi connectivity index (χ0n) is 9.22. The van der Waals surface area contributed by atoms with Crippen LogP contribution in [0, 0.1) is 17.2 Å². The molecule has 0 aromatic rings. The normalized spacial score (nSPS) is 34.0. The van der Waals surface area contributed by atoms with Gasteiger partial charge in [0.05, 0.1) is 12.1 Å². The molecule has 0 aliphatic carbocycles. The van der Waals surface area contributed by atoms with Crippen molar-refractivity contribution in [3.05, 3.63) is 0 Å². The molecule has 16 heavy (non-hydrogen) atoms. The summed E-state index contributed by atoms with van der Waals surface area (Å²) >= 11 is 0. The zero-order chi connectivity index (χ0) is 11.5. The Morgan fingerprint density at radius 3 is 3.06 bits per heavy atom. The monoisotopic (exact) mass is 223 g/mol. The summed E-state index contributed by atoms with van der Waals surface area (Å²) in [6.45, 7) is 1.51. The molecule has 0 spiro atoms. The van der Waals surface area contributed by atoms with Crippen molar-refractivity contribution >= 4 is 5.91 Å². The third-order valence-corrected chi connectivity index (χ3v) is 3.46. The average molecular weight is 223 g/mol. The molecule has 2 heterocycles. The summed E-state index contributed by atoms with van der Waals surface area (Å²) in [6, 6.07) is 1.72. The van der Waals surface area contributed by atoms with Gasteiger partial charge in [0.2, 0.25) is 5.91 Å². The number of aliphatic hydroxyl groups excluding tert-OH is 1. The van der Waals surface area contributed by atoms with E-state index in [-0.39, 0.29) is 30.5 Å². The molecule has 0 aromatic heterocycles. The molecule has 2 aliphatic heterocycles. The molecule has 1 amide bonds. The van der Waals surface area contributed by atoms with Gasteiger partial charge in [0, 0.05) is 19.7 Å². The number of rotatable bonds is 2. The Bertz CT molecular complexity index is 313. The van der Waals surface area contributed by atoms with Gasteiger partial charge in [-0.15, -0.1) is 0 Å². The maximum absolute atomic E-state index is 12.1. The van der Waals surface area contributed by atoms with Crippen LogP contribution in [0.5, 0.6) is 0 Å². The molecule has 2 saturated heterocycles. The molecule has 0 radical (unpaired) electrons. The number of nitrogens with zero attached hydrogens (tertiary/aromatic N) is 2. The molecule has 2 N–H and O–H groups in total. The first-order chi connectivity index (χ1) is 7.76. The summed E-state index contributed by atoms with van der Waals surface area (Å²) < 4.78 is 0. The summed E-state index contributed by atoms with van der Waals surface area (Å²) in [6.07, 6.45) is 2.39. The molecular formula is C11H17N3O2. The van der Waals surface area contributed by atoms with Crippen LogP contribution < -0.4 is 5.32 Å². The number of carbonyl (C=O) groups is 1. The Hall–Kier alpha value is -1.12. The highest BCUT2D eigenvalue weighted by molar-refractivity contribution is 5.83. The Morgan fingerprint density at radius 1 is 1.62 bits per heavy atom.